The van der Waals surface area contributed by atoms with Crippen molar-refractivity contribution in [1.82, 2.24) is 4.98 Å². The van der Waals surface area contributed by atoms with Crippen LogP contribution in [0.1, 0.15) is 18.6 Å². The minimum Gasteiger partial charge on any atom is -0.453 e. The molecule has 0 saturated heterocycles. The topological polar surface area (TPSA) is 39.2 Å². The molecule has 0 aliphatic rings. The molecule has 0 aromatic carbocycles. The number of carbonyl (C=O) groups excluding carboxylic acids is 1. The van der Waals surface area contributed by atoms with E-state index in [0.717, 1.165) is 0 Å². The second-order valence-corrected chi connectivity index (χ2v) is 5.19. The van der Waals surface area contributed by atoms with E-state index in [0.29, 0.717) is 5.56 Å². The second kappa shape index (κ2) is 5.01. The Bertz CT molecular complexity index is 337. The zero-order chi connectivity index (χ0) is 11.5. The number of hydrogen-bond acceptors (Lipinski definition) is 3. The molecule has 1 aromatic heterocycles. The molecule has 0 aliphatic heterocycles. The monoisotopic (exact) mass is 267 g/mol. The lowest BCUT2D eigenvalue weighted by Gasteiger charge is -2.23. The number of nitrogens with zero attached hydrogens (tertiary/aromatic N) is 1. The van der Waals surface area contributed by atoms with Gasteiger partial charge in [0.25, 0.3) is 0 Å². The molecule has 82 valence electrons. The molecule has 1 atom stereocenters. The predicted octanol–water partition coefficient (Wildman–Crippen LogP) is 3.06. The van der Waals surface area contributed by atoms with Crippen molar-refractivity contribution in [3.63, 3.8) is 0 Å². The molecule has 0 spiro atoms. The Kier molecular flexibility index (Phi) is 4.20. The summed E-state index contributed by atoms with van der Waals surface area (Å²) in [4.78, 5) is 14.7. The number of alkyl halides is 3. The fraction of sp³-hybridized carbons (Fsp3) is 0.333. The van der Waals surface area contributed by atoms with Gasteiger partial charge in [-0.2, -0.15) is 0 Å². The normalized spacial score (nSPS) is 13.3. The van der Waals surface area contributed by atoms with Gasteiger partial charge in [0.05, 0.1) is 0 Å². The first-order valence-corrected chi connectivity index (χ1v) is 5.18. The van der Waals surface area contributed by atoms with Gasteiger partial charge >= 0.3 is 5.97 Å². The van der Waals surface area contributed by atoms with E-state index in [2.05, 4.69) is 4.98 Å². The highest BCUT2D eigenvalue weighted by atomic mass is 35.6. The van der Waals surface area contributed by atoms with E-state index in [1.807, 2.05) is 0 Å². The van der Waals surface area contributed by atoms with Crippen LogP contribution in [-0.4, -0.2) is 14.7 Å². The van der Waals surface area contributed by atoms with Crippen molar-refractivity contribution in [2.24, 2.45) is 0 Å². The van der Waals surface area contributed by atoms with Crippen LogP contribution in [-0.2, 0) is 9.53 Å². The van der Waals surface area contributed by atoms with E-state index in [1.54, 1.807) is 18.3 Å². The van der Waals surface area contributed by atoms with Crippen molar-refractivity contribution in [3.05, 3.63) is 30.1 Å². The van der Waals surface area contributed by atoms with Gasteiger partial charge in [-0.25, -0.2) is 0 Å². The molecule has 0 fully saturated rings. The number of hydrogen-bond donors (Lipinski definition) is 0. The number of ether oxygens (including phenoxy) is 1. The maximum absolute atomic E-state index is 10.9. The summed E-state index contributed by atoms with van der Waals surface area (Å²) < 4.78 is 3.21. The van der Waals surface area contributed by atoms with Gasteiger partial charge in [0.1, 0.15) is 0 Å². The highest BCUT2D eigenvalue weighted by molar-refractivity contribution is 6.68. The third-order valence-electron chi connectivity index (χ3n) is 1.57. The first-order valence-electron chi connectivity index (χ1n) is 4.05. The average molecular weight is 269 g/mol. The van der Waals surface area contributed by atoms with Gasteiger partial charge in [0, 0.05) is 24.9 Å². The highest BCUT2D eigenvalue weighted by Crippen LogP contribution is 2.42. The fourth-order valence-electron chi connectivity index (χ4n) is 1.02. The van der Waals surface area contributed by atoms with E-state index in [9.17, 15) is 4.79 Å². The molecule has 0 aliphatic carbocycles. The number of halogens is 3. The average Bonchev–Trinajstić information content (AvgIpc) is 2.14. The Morgan fingerprint density at radius 1 is 1.53 bits per heavy atom. The van der Waals surface area contributed by atoms with E-state index in [1.165, 1.54) is 13.1 Å². The highest BCUT2D eigenvalue weighted by Gasteiger charge is 2.36. The molecule has 1 unspecified atom stereocenters. The minimum absolute atomic E-state index is 0.518. The van der Waals surface area contributed by atoms with Gasteiger partial charge in [-0.15, -0.1) is 0 Å². The molecule has 1 heterocycles. The number of esters is 1. The number of carbonyl (C=O) groups is 1. The number of pyridine rings is 1. The van der Waals surface area contributed by atoms with Crippen molar-refractivity contribution in [2.75, 3.05) is 0 Å². The summed E-state index contributed by atoms with van der Waals surface area (Å²) in [7, 11) is 0. The molecule has 0 amide bonds. The molecule has 1 aromatic rings. The first kappa shape index (κ1) is 12.6. The summed E-state index contributed by atoms with van der Waals surface area (Å²) in [6, 6.07) is 3.34. The zero-order valence-electron chi connectivity index (χ0n) is 7.78. The largest absolute Gasteiger partial charge is 0.453 e. The van der Waals surface area contributed by atoms with Gasteiger partial charge in [0.2, 0.25) is 3.79 Å². The van der Waals surface area contributed by atoms with Gasteiger partial charge in [-0.3, -0.25) is 9.78 Å². The van der Waals surface area contributed by atoms with Crippen LogP contribution in [0.5, 0.6) is 0 Å². The van der Waals surface area contributed by atoms with Gasteiger partial charge in [-0.1, -0.05) is 40.9 Å². The Balaban J connectivity index is 2.97. The lowest BCUT2D eigenvalue weighted by molar-refractivity contribution is -0.146. The van der Waals surface area contributed by atoms with Gasteiger partial charge in [-0.05, 0) is 6.07 Å². The maximum Gasteiger partial charge on any atom is 0.303 e. The van der Waals surface area contributed by atoms with Crippen LogP contribution in [0.25, 0.3) is 0 Å². The van der Waals surface area contributed by atoms with E-state index in [-0.39, 0.29) is 0 Å². The second-order valence-electron chi connectivity index (χ2n) is 2.82. The summed E-state index contributed by atoms with van der Waals surface area (Å²) in [5.41, 5.74) is 0.535. The van der Waals surface area contributed by atoms with Crippen molar-refractivity contribution in [3.8, 4) is 0 Å². The molecule has 0 saturated carbocycles. The van der Waals surface area contributed by atoms with E-state index in [4.69, 9.17) is 39.5 Å². The van der Waals surface area contributed by atoms with Crippen molar-refractivity contribution < 1.29 is 9.53 Å². The smallest absolute Gasteiger partial charge is 0.303 e. The summed E-state index contributed by atoms with van der Waals surface area (Å²) in [5.74, 6) is -0.518. The quantitative estimate of drug-likeness (QED) is 0.611. The third kappa shape index (κ3) is 3.86. The number of aromatic nitrogens is 1. The SMILES string of the molecule is CC(=O)OC(c1cccnc1)C(Cl)(Cl)Cl. The summed E-state index contributed by atoms with van der Waals surface area (Å²) >= 11 is 17.1. The number of rotatable bonds is 2. The zero-order valence-corrected chi connectivity index (χ0v) is 10.1. The molecular formula is C9H8Cl3NO2. The van der Waals surface area contributed by atoms with E-state index < -0.39 is 15.9 Å². The Labute approximate surface area is 102 Å². The summed E-state index contributed by atoms with van der Waals surface area (Å²) in [6.45, 7) is 1.25. The lowest BCUT2D eigenvalue weighted by Crippen LogP contribution is -2.22. The maximum atomic E-state index is 10.9. The van der Waals surface area contributed by atoms with Crippen molar-refractivity contribution in [1.29, 1.82) is 0 Å². The van der Waals surface area contributed by atoms with Crippen LogP contribution >= 0.6 is 34.8 Å². The third-order valence-corrected chi connectivity index (χ3v) is 2.16. The van der Waals surface area contributed by atoms with Crippen LogP contribution in [0, 0.1) is 0 Å². The van der Waals surface area contributed by atoms with Crippen LogP contribution in [0.2, 0.25) is 0 Å². The van der Waals surface area contributed by atoms with E-state index >= 15 is 0 Å². The molecule has 3 nitrogen and oxygen atoms in total. The summed E-state index contributed by atoms with van der Waals surface area (Å²) in [6.07, 6.45) is 2.11. The standard InChI is InChI=1S/C9H8Cl3NO2/c1-6(14)15-8(9(10,11)12)7-3-2-4-13-5-7/h2-5,8H,1H3. The minimum atomic E-state index is -1.71. The van der Waals surface area contributed by atoms with Crippen LogP contribution in [0.3, 0.4) is 0 Å². The molecule has 0 N–H and O–H groups in total. The van der Waals surface area contributed by atoms with Crippen LogP contribution in [0.15, 0.2) is 24.5 Å². The van der Waals surface area contributed by atoms with Gasteiger partial charge < -0.3 is 4.74 Å². The fourth-order valence-corrected chi connectivity index (χ4v) is 1.53. The summed E-state index contributed by atoms with van der Waals surface area (Å²) in [5, 5.41) is 0. The molecular weight excluding hydrogens is 260 g/mol. The molecule has 0 radical (unpaired) electrons. The molecule has 0 bridgehead atoms. The molecule has 15 heavy (non-hydrogen) atoms. The van der Waals surface area contributed by atoms with Crippen molar-refractivity contribution >= 4 is 40.8 Å². The molecule has 6 heteroatoms. The predicted molar refractivity (Wildman–Crippen MR) is 59.0 cm³/mol. The Morgan fingerprint density at radius 2 is 2.20 bits per heavy atom. The first-order chi connectivity index (χ1) is 6.91. The Hall–Kier alpha value is -0.510. The Morgan fingerprint density at radius 3 is 2.60 bits per heavy atom. The van der Waals surface area contributed by atoms with Crippen LogP contribution < -0.4 is 0 Å². The molecule has 1 rings (SSSR count). The van der Waals surface area contributed by atoms with Crippen molar-refractivity contribution in [2.45, 2.75) is 16.8 Å². The van der Waals surface area contributed by atoms with Gasteiger partial charge in [0.15, 0.2) is 6.10 Å². The van der Waals surface area contributed by atoms with Crippen LogP contribution in [0.4, 0.5) is 0 Å². The lowest BCUT2D eigenvalue weighted by atomic mass is 10.2.